The number of aromatic nitrogens is 3. The monoisotopic (exact) mass is 265 g/mol. The fourth-order valence-corrected chi connectivity index (χ4v) is 2.35. The van der Waals surface area contributed by atoms with Crippen LogP contribution in [-0.2, 0) is 9.59 Å². The van der Waals surface area contributed by atoms with Crippen molar-refractivity contribution in [3.63, 3.8) is 0 Å². The van der Waals surface area contributed by atoms with Crippen LogP contribution >= 0.6 is 0 Å². The van der Waals surface area contributed by atoms with Crippen LogP contribution in [0.2, 0.25) is 0 Å². The molecule has 19 heavy (non-hydrogen) atoms. The molecule has 2 heterocycles. The SMILES string of the molecule is CCC(C(=O)NC(C)c1ncn[nH]1)N1CCCC1=O. The molecule has 2 atom stereocenters. The van der Waals surface area contributed by atoms with Crippen LogP contribution < -0.4 is 5.32 Å². The molecule has 2 amide bonds. The van der Waals surface area contributed by atoms with Gasteiger partial charge in [-0.05, 0) is 19.8 Å². The molecule has 1 aromatic rings. The van der Waals surface area contributed by atoms with E-state index in [2.05, 4.69) is 20.5 Å². The van der Waals surface area contributed by atoms with Crippen LogP contribution in [0.5, 0.6) is 0 Å². The quantitative estimate of drug-likeness (QED) is 0.805. The summed E-state index contributed by atoms with van der Waals surface area (Å²) in [6, 6.07) is -0.637. The van der Waals surface area contributed by atoms with Crippen molar-refractivity contribution in [3.8, 4) is 0 Å². The van der Waals surface area contributed by atoms with Crippen molar-refractivity contribution in [2.24, 2.45) is 0 Å². The minimum atomic E-state index is -0.389. The summed E-state index contributed by atoms with van der Waals surface area (Å²) in [7, 11) is 0. The van der Waals surface area contributed by atoms with Crippen LogP contribution in [0, 0.1) is 0 Å². The number of likely N-dealkylation sites (tertiary alicyclic amines) is 1. The molecule has 0 aromatic carbocycles. The second-order valence-corrected chi connectivity index (χ2v) is 4.72. The highest BCUT2D eigenvalue weighted by molar-refractivity contribution is 5.88. The fourth-order valence-electron chi connectivity index (χ4n) is 2.35. The van der Waals surface area contributed by atoms with Crippen LogP contribution in [0.25, 0.3) is 0 Å². The van der Waals surface area contributed by atoms with Gasteiger partial charge in [0.05, 0.1) is 6.04 Å². The van der Waals surface area contributed by atoms with Gasteiger partial charge in [-0.15, -0.1) is 0 Å². The van der Waals surface area contributed by atoms with E-state index >= 15 is 0 Å². The number of rotatable bonds is 5. The predicted molar refractivity (Wildman–Crippen MR) is 68.0 cm³/mol. The summed E-state index contributed by atoms with van der Waals surface area (Å²) >= 11 is 0. The molecule has 0 aliphatic carbocycles. The molecule has 0 bridgehead atoms. The number of amides is 2. The largest absolute Gasteiger partial charge is 0.345 e. The maximum Gasteiger partial charge on any atom is 0.243 e. The highest BCUT2D eigenvalue weighted by Gasteiger charge is 2.32. The van der Waals surface area contributed by atoms with Gasteiger partial charge in [-0.1, -0.05) is 6.92 Å². The van der Waals surface area contributed by atoms with E-state index in [0.29, 0.717) is 25.2 Å². The Labute approximate surface area is 111 Å². The van der Waals surface area contributed by atoms with Crippen molar-refractivity contribution in [2.75, 3.05) is 6.54 Å². The molecule has 0 radical (unpaired) electrons. The summed E-state index contributed by atoms with van der Waals surface area (Å²) in [5.41, 5.74) is 0. The molecule has 1 aliphatic heterocycles. The molecule has 2 rings (SSSR count). The van der Waals surface area contributed by atoms with Gasteiger partial charge in [0.15, 0.2) is 0 Å². The van der Waals surface area contributed by atoms with Gasteiger partial charge in [0.1, 0.15) is 18.2 Å². The van der Waals surface area contributed by atoms with Crippen molar-refractivity contribution in [3.05, 3.63) is 12.2 Å². The zero-order valence-electron chi connectivity index (χ0n) is 11.2. The Morgan fingerprint density at radius 3 is 2.95 bits per heavy atom. The molecule has 2 unspecified atom stereocenters. The second-order valence-electron chi connectivity index (χ2n) is 4.72. The molecular formula is C12H19N5O2. The Kier molecular flexibility index (Phi) is 4.13. The molecule has 2 N–H and O–H groups in total. The molecule has 1 fully saturated rings. The zero-order valence-corrected chi connectivity index (χ0v) is 11.2. The number of nitrogens with zero attached hydrogens (tertiary/aromatic N) is 3. The third kappa shape index (κ3) is 2.91. The van der Waals surface area contributed by atoms with Crippen molar-refractivity contribution >= 4 is 11.8 Å². The van der Waals surface area contributed by atoms with Gasteiger partial charge in [0, 0.05) is 13.0 Å². The van der Waals surface area contributed by atoms with E-state index in [-0.39, 0.29) is 23.9 Å². The van der Waals surface area contributed by atoms with Crippen molar-refractivity contribution in [1.82, 2.24) is 25.4 Å². The molecular weight excluding hydrogens is 246 g/mol. The number of carbonyl (C=O) groups excluding carboxylic acids is 2. The van der Waals surface area contributed by atoms with Crippen LogP contribution in [0.15, 0.2) is 6.33 Å². The van der Waals surface area contributed by atoms with Gasteiger partial charge in [0.25, 0.3) is 0 Å². The summed E-state index contributed by atoms with van der Waals surface area (Å²) in [5.74, 6) is 0.534. The zero-order chi connectivity index (χ0) is 13.8. The number of H-pyrrole nitrogens is 1. The smallest absolute Gasteiger partial charge is 0.243 e. The van der Waals surface area contributed by atoms with E-state index in [1.807, 2.05) is 13.8 Å². The lowest BCUT2D eigenvalue weighted by Crippen LogP contribution is -2.47. The van der Waals surface area contributed by atoms with Crippen molar-refractivity contribution < 1.29 is 9.59 Å². The summed E-state index contributed by atoms with van der Waals surface area (Å²) in [5, 5.41) is 9.34. The van der Waals surface area contributed by atoms with Gasteiger partial charge in [-0.2, -0.15) is 5.10 Å². The topological polar surface area (TPSA) is 91.0 Å². The highest BCUT2D eigenvalue weighted by Crippen LogP contribution is 2.17. The molecule has 104 valence electrons. The van der Waals surface area contributed by atoms with Crippen molar-refractivity contribution in [1.29, 1.82) is 0 Å². The lowest BCUT2D eigenvalue weighted by Gasteiger charge is -2.26. The highest BCUT2D eigenvalue weighted by atomic mass is 16.2. The normalized spacial score (nSPS) is 18.4. The maximum absolute atomic E-state index is 12.2. The Morgan fingerprint density at radius 1 is 1.63 bits per heavy atom. The first kappa shape index (κ1) is 13.5. The first-order chi connectivity index (χ1) is 9.13. The number of carbonyl (C=O) groups is 2. The van der Waals surface area contributed by atoms with Crippen LogP contribution in [0.1, 0.15) is 45.0 Å². The van der Waals surface area contributed by atoms with Crippen LogP contribution in [-0.4, -0.2) is 44.5 Å². The third-order valence-electron chi connectivity index (χ3n) is 3.38. The summed E-state index contributed by atoms with van der Waals surface area (Å²) in [6.07, 6.45) is 3.39. The molecule has 0 spiro atoms. The summed E-state index contributed by atoms with van der Waals surface area (Å²) in [6.45, 7) is 4.41. The number of aromatic amines is 1. The fraction of sp³-hybridized carbons (Fsp3) is 0.667. The summed E-state index contributed by atoms with van der Waals surface area (Å²) < 4.78 is 0. The minimum absolute atomic E-state index is 0.0642. The molecule has 1 saturated heterocycles. The molecule has 7 nitrogen and oxygen atoms in total. The predicted octanol–water partition coefficient (Wildman–Crippen LogP) is 0.383. The van der Waals surface area contributed by atoms with Gasteiger partial charge in [-0.25, -0.2) is 4.98 Å². The van der Waals surface area contributed by atoms with E-state index in [0.717, 1.165) is 6.42 Å². The lowest BCUT2D eigenvalue weighted by molar-refractivity contribution is -0.137. The third-order valence-corrected chi connectivity index (χ3v) is 3.38. The number of nitrogens with one attached hydrogen (secondary N) is 2. The first-order valence-corrected chi connectivity index (χ1v) is 6.58. The van der Waals surface area contributed by atoms with Gasteiger partial charge >= 0.3 is 0 Å². The first-order valence-electron chi connectivity index (χ1n) is 6.58. The maximum atomic E-state index is 12.2. The Bertz CT molecular complexity index is 445. The standard InChI is InChI=1S/C12H19N5O2/c1-3-9(17-6-4-5-10(17)18)12(19)15-8(2)11-13-7-14-16-11/h7-9H,3-6H2,1-2H3,(H,15,19)(H,13,14,16). The molecule has 0 saturated carbocycles. The number of hydrogen-bond acceptors (Lipinski definition) is 4. The van der Waals surface area contributed by atoms with Crippen LogP contribution in [0.3, 0.4) is 0 Å². The lowest BCUT2D eigenvalue weighted by atomic mass is 10.1. The van der Waals surface area contributed by atoms with E-state index in [4.69, 9.17) is 0 Å². The Morgan fingerprint density at radius 2 is 2.42 bits per heavy atom. The Balaban J connectivity index is 1.99. The number of hydrogen-bond donors (Lipinski definition) is 2. The molecule has 1 aliphatic rings. The van der Waals surface area contributed by atoms with E-state index in [1.165, 1.54) is 6.33 Å². The Hall–Kier alpha value is -1.92. The second kappa shape index (κ2) is 5.81. The minimum Gasteiger partial charge on any atom is -0.345 e. The molecule has 1 aromatic heterocycles. The molecule has 7 heteroatoms. The summed E-state index contributed by atoms with van der Waals surface area (Å²) in [4.78, 5) is 29.6. The average molecular weight is 265 g/mol. The van der Waals surface area contributed by atoms with E-state index in [1.54, 1.807) is 4.90 Å². The van der Waals surface area contributed by atoms with Gasteiger partial charge in [0.2, 0.25) is 11.8 Å². The van der Waals surface area contributed by atoms with Crippen molar-refractivity contribution in [2.45, 2.75) is 45.2 Å². The van der Waals surface area contributed by atoms with Crippen LogP contribution in [0.4, 0.5) is 0 Å². The van der Waals surface area contributed by atoms with Gasteiger partial charge < -0.3 is 10.2 Å². The van der Waals surface area contributed by atoms with E-state index in [9.17, 15) is 9.59 Å². The van der Waals surface area contributed by atoms with E-state index < -0.39 is 0 Å². The van der Waals surface area contributed by atoms with Gasteiger partial charge in [-0.3, -0.25) is 14.7 Å². The average Bonchev–Trinajstić information content (AvgIpc) is 3.02.